The van der Waals surface area contributed by atoms with Gasteiger partial charge in [0.25, 0.3) is 0 Å². The second-order valence-electron chi connectivity index (χ2n) is 4.51. The highest BCUT2D eigenvalue weighted by atomic mass is 16.5. The maximum atomic E-state index is 11.8. The van der Waals surface area contributed by atoms with Crippen LogP contribution in [0.1, 0.15) is 25.7 Å². The lowest BCUT2D eigenvalue weighted by molar-refractivity contribution is -0.141. The monoisotopic (exact) mass is 238 g/mol. The van der Waals surface area contributed by atoms with Crippen molar-refractivity contribution in [1.29, 1.82) is 0 Å². The number of carbonyl (C=O) groups is 3. The van der Waals surface area contributed by atoms with Gasteiger partial charge in [0.15, 0.2) is 0 Å². The molecule has 2 rings (SSSR count). The molecule has 2 aliphatic carbocycles. The molecule has 1 fully saturated rings. The Bertz CT molecular complexity index is 428. The van der Waals surface area contributed by atoms with Crippen LogP contribution in [0.3, 0.4) is 0 Å². The van der Waals surface area contributed by atoms with Gasteiger partial charge >= 0.3 is 11.9 Å². The van der Waals surface area contributed by atoms with E-state index in [4.69, 9.17) is 4.74 Å². The minimum absolute atomic E-state index is 0.0180. The first kappa shape index (κ1) is 11.8. The average molecular weight is 238 g/mol. The molecule has 0 amide bonds. The molecule has 0 aromatic heterocycles. The number of hydrogen-bond acceptors (Lipinski definition) is 5. The molecule has 0 aromatic carbocycles. The van der Waals surface area contributed by atoms with E-state index in [0.717, 1.165) is 12.8 Å². The molecule has 1 saturated carbocycles. The molecule has 17 heavy (non-hydrogen) atoms. The van der Waals surface area contributed by atoms with Crippen LogP contribution < -0.4 is 0 Å². The first-order valence-corrected chi connectivity index (χ1v) is 5.46. The molecule has 1 spiro atoms. The molecular weight excluding hydrogens is 224 g/mol. The molecule has 0 radical (unpaired) electrons. The highest BCUT2D eigenvalue weighted by Gasteiger charge is 2.54. The number of ketones is 1. The van der Waals surface area contributed by atoms with E-state index in [2.05, 4.69) is 4.74 Å². The third-order valence-corrected chi connectivity index (χ3v) is 3.42. The van der Waals surface area contributed by atoms with E-state index in [1.807, 2.05) is 0 Å². The second kappa shape index (κ2) is 3.98. The third-order valence-electron chi connectivity index (χ3n) is 3.42. The fraction of sp³-hybridized carbons (Fsp3) is 0.583. The van der Waals surface area contributed by atoms with Gasteiger partial charge in [-0.05, 0) is 12.8 Å². The van der Waals surface area contributed by atoms with Crippen molar-refractivity contribution in [3.63, 3.8) is 0 Å². The normalized spacial score (nSPS) is 21.4. The summed E-state index contributed by atoms with van der Waals surface area (Å²) in [6.07, 6.45) is 1.81. The fourth-order valence-electron chi connectivity index (χ4n) is 2.45. The zero-order chi connectivity index (χ0) is 12.6. The van der Waals surface area contributed by atoms with Crippen LogP contribution in [0.2, 0.25) is 0 Å². The Morgan fingerprint density at radius 1 is 1.12 bits per heavy atom. The van der Waals surface area contributed by atoms with Gasteiger partial charge in [0.1, 0.15) is 5.78 Å². The maximum Gasteiger partial charge on any atom is 0.334 e. The molecule has 0 heterocycles. The number of ether oxygens (including phenoxy) is 2. The second-order valence-corrected chi connectivity index (χ2v) is 4.51. The Labute approximate surface area is 98.8 Å². The van der Waals surface area contributed by atoms with Crippen molar-refractivity contribution in [2.75, 3.05) is 14.2 Å². The first-order valence-electron chi connectivity index (χ1n) is 5.46. The van der Waals surface area contributed by atoms with E-state index in [9.17, 15) is 14.4 Å². The zero-order valence-corrected chi connectivity index (χ0v) is 9.87. The number of esters is 2. The minimum atomic E-state index is -0.607. The van der Waals surface area contributed by atoms with Gasteiger partial charge in [0, 0.05) is 18.3 Å². The molecular formula is C12H14O5. The van der Waals surface area contributed by atoms with E-state index in [0.29, 0.717) is 12.0 Å². The Morgan fingerprint density at radius 3 is 2.18 bits per heavy atom. The Hall–Kier alpha value is -1.65. The molecule has 0 aromatic rings. The molecule has 0 unspecified atom stereocenters. The lowest BCUT2D eigenvalue weighted by Crippen LogP contribution is -2.29. The smallest absolute Gasteiger partial charge is 0.334 e. The fourth-order valence-corrected chi connectivity index (χ4v) is 2.45. The third kappa shape index (κ3) is 1.85. The van der Waals surface area contributed by atoms with Crippen LogP contribution in [-0.4, -0.2) is 31.9 Å². The van der Waals surface area contributed by atoms with Crippen LogP contribution in [0.25, 0.3) is 0 Å². The SMILES string of the molecule is COC(=O)C1=C(C(=O)OC)C2(CC2)CC(=O)C1. The summed E-state index contributed by atoms with van der Waals surface area (Å²) in [7, 11) is 2.51. The Morgan fingerprint density at radius 2 is 1.71 bits per heavy atom. The van der Waals surface area contributed by atoms with Crippen molar-refractivity contribution in [1.82, 2.24) is 0 Å². The van der Waals surface area contributed by atoms with Crippen molar-refractivity contribution in [2.24, 2.45) is 5.41 Å². The van der Waals surface area contributed by atoms with E-state index in [1.165, 1.54) is 14.2 Å². The first-order chi connectivity index (χ1) is 8.04. The average Bonchev–Trinajstić information content (AvgIpc) is 3.06. The highest BCUT2D eigenvalue weighted by molar-refractivity contribution is 6.07. The predicted octanol–water partition coefficient (Wildman–Crippen LogP) is 0.772. The molecule has 0 atom stereocenters. The summed E-state index contributed by atoms with van der Waals surface area (Å²) < 4.78 is 9.34. The topological polar surface area (TPSA) is 69.7 Å². The summed E-state index contributed by atoms with van der Waals surface area (Å²) >= 11 is 0. The quantitative estimate of drug-likeness (QED) is 0.665. The van der Waals surface area contributed by atoms with Gasteiger partial charge in [0.2, 0.25) is 0 Å². The summed E-state index contributed by atoms with van der Waals surface area (Å²) in [6.45, 7) is 0. The van der Waals surface area contributed by atoms with Gasteiger partial charge < -0.3 is 9.47 Å². The van der Waals surface area contributed by atoms with Crippen LogP contribution in [-0.2, 0) is 23.9 Å². The van der Waals surface area contributed by atoms with Crippen LogP contribution in [0.5, 0.6) is 0 Å². The number of methoxy groups -OCH3 is 2. The number of hydrogen-bond donors (Lipinski definition) is 0. The highest BCUT2D eigenvalue weighted by Crippen LogP contribution is 2.58. The van der Waals surface area contributed by atoms with Gasteiger partial charge in [-0.25, -0.2) is 9.59 Å². The summed E-state index contributed by atoms with van der Waals surface area (Å²) in [6, 6.07) is 0. The van der Waals surface area contributed by atoms with Crippen LogP contribution in [0.4, 0.5) is 0 Å². The van der Waals surface area contributed by atoms with Crippen LogP contribution >= 0.6 is 0 Å². The maximum absolute atomic E-state index is 11.8. The van der Waals surface area contributed by atoms with Gasteiger partial charge in [-0.15, -0.1) is 0 Å². The van der Waals surface area contributed by atoms with Gasteiger partial charge in [0.05, 0.1) is 25.4 Å². The van der Waals surface area contributed by atoms with Crippen molar-refractivity contribution in [3.8, 4) is 0 Å². The standard InChI is InChI=1S/C12H14O5/c1-16-10(14)8-5-7(13)6-12(3-4-12)9(8)11(15)17-2/h3-6H2,1-2H3. The molecule has 5 heteroatoms. The minimum Gasteiger partial charge on any atom is -0.466 e. The van der Waals surface area contributed by atoms with Crippen LogP contribution in [0, 0.1) is 5.41 Å². The molecule has 0 bridgehead atoms. The van der Waals surface area contributed by atoms with Gasteiger partial charge in [-0.2, -0.15) is 0 Å². The lowest BCUT2D eigenvalue weighted by Gasteiger charge is -2.24. The summed E-state index contributed by atoms with van der Waals surface area (Å²) in [5.74, 6) is -1.14. The van der Waals surface area contributed by atoms with Crippen molar-refractivity contribution in [3.05, 3.63) is 11.1 Å². The van der Waals surface area contributed by atoms with Gasteiger partial charge in [-0.3, -0.25) is 4.79 Å². The van der Waals surface area contributed by atoms with E-state index in [-0.39, 0.29) is 17.8 Å². The van der Waals surface area contributed by atoms with E-state index in [1.54, 1.807) is 0 Å². The lowest BCUT2D eigenvalue weighted by atomic mass is 9.79. The molecule has 0 aliphatic heterocycles. The predicted molar refractivity (Wildman–Crippen MR) is 57.0 cm³/mol. The van der Waals surface area contributed by atoms with Gasteiger partial charge in [-0.1, -0.05) is 0 Å². The Kier molecular flexibility index (Phi) is 2.77. The van der Waals surface area contributed by atoms with Crippen molar-refractivity contribution in [2.45, 2.75) is 25.7 Å². The molecule has 5 nitrogen and oxygen atoms in total. The van der Waals surface area contributed by atoms with Crippen molar-refractivity contribution < 1.29 is 23.9 Å². The van der Waals surface area contributed by atoms with E-state index >= 15 is 0 Å². The largest absolute Gasteiger partial charge is 0.466 e. The summed E-state index contributed by atoms with van der Waals surface area (Å²) in [5, 5.41) is 0. The van der Waals surface area contributed by atoms with Crippen LogP contribution in [0.15, 0.2) is 11.1 Å². The number of carbonyl (C=O) groups excluding carboxylic acids is 3. The van der Waals surface area contributed by atoms with E-state index < -0.39 is 17.4 Å². The molecule has 2 aliphatic rings. The number of rotatable bonds is 2. The molecule has 92 valence electrons. The number of Topliss-reactive ketones (excluding diaryl/α,β-unsaturated/α-hetero) is 1. The molecule has 0 N–H and O–H groups in total. The molecule has 0 saturated heterocycles. The summed E-state index contributed by atoms with van der Waals surface area (Å²) in [4.78, 5) is 35.0. The Balaban J connectivity index is 2.50. The van der Waals surface area contributed by atoms with Crippen molar-refractivity contribution >= 4 is 17.7 Å². The zero-order valence-electron chi connectivity index (χ0n) is 9.87. The summed E-state index contributed by atoms with van der Waals surface area (Å²) in [5.41, 5.74) is 0.0749.